The van der Waals surface area contributed by atoms with Crippen LogP contribution in [0.4, 0.5) is 11.4 Å². The largest absolute Gasteiger partial charge is 0.490 e. The molecule has 3 aromatic rings. The van der Waals surface area contributed by atoms with Gasteiger partial charge in [-0.25, -0.2) is 4.99 Å². The second-order valence-corrected chi connectivity index (χ2v) is 9.35. The molecule has 0 spiro atoms. The van der Waals surface area contributed by atoms with Gasteiger partial charge in [0.1, 0.15) is 0 Å². The molecule has 0 atom stereocenters. The Morgan fingerprint density at radius 2 is 1.65 bits per heavy atom. The third-order valence-corrected chi connectivity index (χ3v) is 6.80. The van der Waals surface area contributed by atoms with E-state index in [1.807, 2.05) is 55.5 Å². The molecule has 0 saturated carbocycles. The molecule has 0 bridgehead atoms. The second-order valence-electron chi connectivity index (χ2n) is 8.34. The molecule has 7 heteroatoms. The number of rotatable bonds is 8. The number of aliphatic imine (C=N–C) groups is 1. The van der Waals surface area contributed by atoms with Gasteiger partial charge in [0.25, 0.3) is 5.91 Å². The molecule has 1 aliphatic heterocycles. The zero-order chi connectivity index (χ0) is 26.4. The molecule has 0 radical (unpaired) electrons. The Hall–Kier alpha value is -3.84. The van der Waals surface area contributed by atoms with Gasteiger partial charge in [0, 0.05) is 6.92 Å². The predicted octanol–water partition coefficient (Wildman–Crippen LogP) is 6.94. The lowest BCUT2D eigenvalue weighted by Gasteiger charge is -2.19. The van der Waals surface area contributed by atoms with Crippen molar-refractivity contribution in [2.75, 3.05) is 11.5 Å². The summed E-state index contributed by atoms with van der Waals surface area (Å²) in [5, 5.41) is 0.611. The van der Waals surface area contributed by atoms with Crippen molar-refractivity contribution in [3.05, 3.63) is 88.3 Å². The average molecular weight is 515 g/mol. The van der Waals surface area contributed by atoms with Crippen LogP contribution in [0.2, 0.25) is 0 Å². The molecule has 1 saturated heterocycles. The molecule has 0 N–H and O–H groups in total. The number of thioether (sulfide) groups is 1. The number of carbonyl (C=O) groups excluding carboxylic acids is 2. The van der Waals surface area contributed by atoms with Crippen LogP contribution in [0.15, 0.2) is 76.6 Å². The number of para-hydroxylation sites is 2. The van der Waals surface area contributed by atoms with Crippen LogP contribution in [-0.2, 0) is 22.4 Å². The first-order valence-corrected chi connectivity index (χ1v) is 13.2. The molecule has 1 fully saturated rings. The zero-order valence-corrected chi connectivity index (χ0v) is 22.3. The highest BCUT2D eigenvalue weighted by atomic mass is 32.2. The molecular formula is C30H30N2O4S. The Morgan fingerprint density at radius 3 is 2.35 bits per heavy atom. The van der Waals surface area contributed by atoms with Gasteiger partial charge >= 0.3 is 5.97 Å². The third-order valence-electron chi connectivity index (χ3n) is 5.83. The monoisotopic (exact) mass is 514 g/mol. The van der Waals surface area contributed by atoms with Gasteiger partial charge < -0.3 is 9.47 Å². The van der Waals surface area contributed by atoms with Crippen LogP contribution < -0.4 is 14.4 Å². The number of benzene rings is 3. The van der Waals surface area contributed by atoms with Gasteiger partial charge in [-0.05, 0) is 78.6 Å². The second kappa shape index (κ2) is 11.9. The van der Waals surface area contributed by atoms with E-state index in [9.17, 15) is 9.59 Å². The van der Waals surface area contributed by atoms with E-state index in [4.69, 9.17) is 14.5 Å². The van der Waals surface area contributed by atoms with Gasteiger partial charge in [0.2, 0.25) is 0 Å². The molecule has 37 heavy (non-hydrogen) atoms. The maximum absolute atomic E-state index is 13.8. The fourth-order valence-electron chi connectivity index (χ4n) is 4.08. The van der Waals surface area contributed by atoms with E-state index in [2.05, 4.69) is 19.9 Å². The summed E-state index contributed by atoms with van der Waals surface area (Å²) in [5.74, 6) is 0.230. The van der Waals surface area contributed by atoms with E-state index in [-0.39, 0.29) is 5.91 Å². The third kappa shape index (κ3) is 5.94. The van der Waals surface area contributed by atoms with Crippen LogP contribution in [0.3, 0.4) is 0 Å². The Balaban J connectivity index is 1.80. The van der Waals surface area contributed by atoms with Crippen molar-refractivity contribution in [2.45, 2.75) is 40.5 Å². The zero-order valence-electron chi connectivity index (χ0n) is 21.5. The first kappa shape index (κ1) is 26.2. The number of esters is 1. The molecule has 0 aromatic heterocycles. The highest BCUT2D eigenvalue weighted by molar-refractivity contribution is 8.19. The summed E-state index contributed by atoms with van der Waals surface area (Å²) in [5.41, 5.74) is 4.63. The van der Waals surface area contributed by atoms with Gasteiger partial charge in [-0.2, -0.15) is 0 Å². The molecule has 0 aliphatic carbocycles. The van der Waals surface area contributed by atoms with Gasteiger partial charge in [-0.15, -0.1) is 0 Å². The van der Waals surface area contributed by atoms with E-state index >= 15 is 0 Å². The number of carbonyl (C=O) groups is 2. The maximum atomic E-state index is 13.8. The van der Waals surface area contributed by atoms with Crippen LogP contribution in [0.1, 0.15) is 44.4 Å². The fourth-order valence-corrected chi connectivity index (χ4v) is 5.07. The van der Waals surface area contributed by atoms with Crippen LogP contribution in [-0.4, -0.2) is 23.7 Å². The molecule has 1 amide bonds. The molecular weight excluding hydrogens is 484 g/mol. The Bertz CT molecular complexity index is 1380. The van der Waals surface area contributed by atoms with Gasteiger partial charge in [0.15, 0.2) is 16.7 Å². The minimum Gasteiger partial charge on any atom is -0.490 e. The minimum atomic E-state index is -0.424. The van der Waals surface area contributed by atoms with Crippen molar-refractivity contribution < 1.29 is 19.1 Å². The molecule has 190 valence electrons. The van der Waals surface area contributed by atoms with Crippen LogP contribution in [0, 0.1) is 0 Å². The van der Waals surface area contributed by atoms with Crippen LogP contribution >= 0.6 is 11.8 Å². The van der Waals surface area contributed by atoms with Crippen molar-refractivity contribution in [2.24, 2.45) is 4.99 Å². The van der Waals surface area contributed by atoms with Gasteiger partial charge in [-0.3, -0.25) is 14.5 Å². The Kier molecular flexibility index (Phi) is 8.46. The van der Waals surface area contributed by atoms with Crippen molar-refractivity contribution in [1.82, 2.24) is 0 Å². The maximum Gasteiger partial charge on any atom is 0.308 e. The number of hydrogen-bond acceptors (Lipinski definition) is 6. The van der Waals surface area contributed by atoms with Crippen LogP contribution in [0.25, 0.3) is 6.08 Å². The quantitative estimate of drug-likeness (QED) is 0.185. The lowest BCUT2D eigenvalue weighted by molar-refractivity contribution is -0.132. The number of nitrogens with zero attached hydrogens (tertiary/aromatic N) is 2. The normalized spacial score (nSPS) is 15.5. The summed E-state index contributed by atoms with van der Waals surface area (Å²) in [6, 6.07) is 21.2. The molecule has 1 aliphatic rings. The molecule has 4 rings (SSSR count). The summed E-state index contributed by atoms with van der Waals surface area (Å²) in [6.07, 6.45) is 3.45. The SMILES string of the molecule is CCOc1cc(/C=C2/SC(=Nc3ccccc3CC)N(c3ccccc3CC)C2=O)ccc1OC(C)=O. The molecule has 6 nitrogen and oxygen atoms in total. The number of amidine groups is 1. The molecule has 1 heterocycles. The van der Waals surface area contributed by atoms with Crippen molar-refractivity contribution >= 4 is 46.3 Å². The lowest BCUT2D eigenvalue weighted by Crippen LogP contribution is -2.29. The highest BCUT2D eigenvalue weighted by Gasteiger charge is 2.35. The minimum absolute atomic E-state index is 0.138. The standard InChI is InChI=1S/C30H30N2O4S/c1-5-22-12-8-10-14-24(22)31-30-32(25-15-11-9-13-23(25)6-2)29(34)28(37-30)19-21-16-17-26(36-20(4)33)27(18-21)35-7-3/h8-19H,5-7H2,1-4H3/b28-19+,31-30?. The summed E-state index contributed by atoms with van der Waals surface area (Å²) < 4.78 is 10.9. The van der Waals surface area contributed by atoms with Crippen molar-refractivity contribution in [3.8, 4) is 11.5 Å². The first-order chi connectivity index (χ1) is 17.9. The fraction of sp³-hybridized carbons (Fsp3) is 0.233. The summed E-state index contributed by atoms with van der Waals surface area (Å²) in [4.78, 5) is 32.5. The topological polar surface area (TPSA) is 68.2 Å². The number of anilines is 1. The van der Waals surface area contributed by atoms with E-state index in [1.54, 1.807) is 23.1 Å². The first-order valence-electron chi connectivity index (χ1n) is 12.4. The summed E-state index contributed by atoms with van der Waals surface area (Å²) in [6.45, 7) is 7.79. The van der Waals surface area contributed by atoms with Gasteiger partial charge in [-0.1, -0.05) is 56.3 Å². The van der Waals surface area contributed by atoms with E-state index in [0.717, 1.165) is 40.9 Å². The Morgan fingerprint density at radius 1 is 0.946 bits per heavy atom. The van der Waals surface area contributed by atoms with Crippen molar-refractivity contribution in [3.63, 3.8) is 0 Å². The smallest absolute Gasteiger partial charge is 0.308 e. The van der Waals surface area contributed by atoms with E-state index in [0.29, 0.717) is 28.2 Å². The van der Waals surface area contributed by atoms with Crippen LogP contribution in [0.5, 0.6) is 11.5 Å². The average Bonchev–Trinajstić information content (AvgIpc) is 3.19. The van der Waals surface area contributed by atoms with Gasteiger partial charge in [0.05, 0.1) is 22.9 Å². The van der Waals surface area contributed by atoms with Crippen molar-refractivity contribution in [1.29, 1.82) is 0 Å². The van der Waals surface area contributed by atoms with E-state index < -0.39 is 5.97 Å². The Labute approximate surface area is 222 Å². The molecule has 0 unspecified atom stereocenters. The molecule has 3 aromatic carbocycles. The predicted molar refractivity (Wildman–Crippen MR) is 151 cm³/mol. The lowest BCUT2D eigenvalue weighted by atomic mass is 10.1. The number of amides is 1. The number of ether oxygens (including phenoxy) is 2. The summed E-state index contributed by atoms with van der Waals surface area (Å²) >= 11 is 1.35. The number of hydrogen-bond donors (Lipinski definition) is 0. The van der Waals surface area contributed by atoms with E-state index in [1.165, 1.54) is 18.7 Å². The summed E-state index contributed by atoms with van der Waals surface area (Å²) in [7, 11) is 0. The highest BCUT2D eigenvalue weighted by Crippen LogP contribution is 2.40. The number of aryl methyl sites for hydroxylation is 2.